The van der Waals surface area contributed by atoms with Gasteiger partial charge >= 0.3 is 0 Å². The molecule has 0 atom stereocenters. The van der Waals surface area contributed by atoms with E-state index >= 15 is 0 Å². The summed E-state index contributed by atoms with van der Waals surface area (Å²) < 4.78 is 3.20. The quantitative estimate of drug-likeness (QED) is 0.647. The maximum atomic E-state index is 4.68. The van der Waals surface area contributed by atoms with Crippen LogP contribution in [0.25, 0.3) is 5.65 Å². The van der Waals surface area contributed by atoms with Crippen molar-refractivity contribution in [2.45, 2.75) is 17.6 Å². The van der Waals surface area contributed by atoms with Crippen LogP contribution in [-0.2, 0) is 5.75 Å². The maximum Gasteiger partial charge on any atom is 0.139 e. The summed E-state index contributed by atoms with van der Waals surface area (Å²) in [6.07, 6.45) is 4.15. The number of pyridine rings is 1. The van der Waals surface area contributed by atoms with E-state index in [1.54, 1.807) is 11.8 Å². The van der Waals surface area contributed by atoms with Gasteiger partial charge in [-0.15, -0.1) is 11.8 Å². The van der Waals surface area contributed by atoms with Crippen LogP contribution in [0.15, 0.2) is 58.2 Å². The van der Waals surface area contributed by atoms with Gasteiger partial charge in [-0.3, -0.25) is 0 Å². The minimum Gasteiger partial charge on any atom is -0.307 e. The summed E-state index contributed by atoms with van der Waals surface area (Å²) in [5, 5.41) is 0. The molecule has 0 amide bonds. The molecule has 0 radical (unpaired) electrons. The summed E-state index contributed by atoms with van der Waals surface area (Å²) in [6.45, 7) is 2.09. The molecule has 0 unspecified atom stereocenters. The number of nitrogens with zero attached hydrogens (tertiary/aromatic N) is 2. The van der Waals surface area contributed by atoms with Gasteiger partial charge in [-0.1, -0.05) is 22.0 Å². The molecule has 3 aromatic rings. The second kappa shape index (κ2) is 5.39. The fourth-order valence-electron chi connectivity index (χ4n) is 1.96. The first kappa shape index (κ1) is 12.8. The van der Waals surface area contributed by atoms with Crippen LogP contribution in [0, 0.1) is 6.92 Å². The van der Waals surface area contributed by atoms with Crippen molar-refractivity contribution in [1.82, 2.24) is 9.38 Å². The van der Waals surface area contributed by atoms with E-state index in [-0.39, 0.29) is 0 Å². The van der Waals surface area contributed by atoms with Gasteiger partial charge < -0.3 is 4.40 Å². The number of hydrogen-bond acceptors (Lipinski definition) is 2. The predicted octanol–water partition coefficient (Wildman–Crippen LogP) is 4.70. The lowest BCUT2D eigenvalue weighted by Gasteiger charge is -1.98. The highest BCUT2D eigenvalue weighted by Crippen LogP contribution is 2.24. The summed E-state index contributed by atoms with van der Waals surface area (Å²) >= 11 is 5.25. The van der Waals surface area contributed by atoms with E-state index in [1.807, 2.05) is 6.20 Å². The molecule has 2 nitrogen and oxygen atoms in total. The molecule has 96 valence electrons. The predicted molar refractivity (Wildman–Crippen MR) is 83.6 cm³/mol. The number of benzene rings is 1. The smallest absolute Gasteiger partial charge is 0.139 e. The first-order chi connectivity index (χ1) is 9.22. The van der Waals surface area contributed by atoms with Crippen LogP contribution in [0.2, 0.25) is 0 Å². The highest BCUT2D eigenvalue weighted by molar-refractivity contribution is 9.10. The molecule has 0 saturated carbocycles. The van der Waals surface area contributed by atoms with E-state index in [0.29, 0.717) is 0 Å². The van der Waals surface area contributed by atoms with Crippen LogP contribution in [0.5, 0.6) is 0 Å². The van der Waals surface area contributed by atoms with Crippen molar-refractivity contribution < 1.29 is 0 Å². The highest BCUT2D eigenvalue weighted by atomic mass is 79.9. The number of imidazole rings is 1. The third-order valence-electron chi connectivity index (χ3n) is 2.93. The van der Waals surface area contributed by atoms with Crippen LogP contribution in [0.1, 0.15) is 11.3 Å². The Balaban J connectivity index is 1.78. The van der Waals surface area contributed by atoms with Crippen LogP contribution in [0.3, 0.4) is 0 Å². The second-order valence-electron chi connectivity index (χ2n) is 4.40. The first-order valence-electron chi connectivity index (χ1n) is 6.04. The fraction of sp³-hybridized carbons (Fsp3) is 0.133. The Morgan fingerprint density at radius 1 is 1.21 bits per heavy atom. The van der Waals surface area contributed by atoms with Crippen molar-refractivity contribution in [1.29, 1.82) is 0 Å². The molecule has 0 fully saturated rings. The van der Waals surface area contributed by atoms with E-state index in [9.17, 15) is 0 Å². The lowest BCUT2D eigenvalue weighted by atomic mass is 10.3. The van der Waals surface area contributed by atoms with E-state index in [4.69, 9.17) is 0 Å². The zero-order valence-corrected chi connectivity index (χ0v) is 12.9. The summed E-state index contributed by atoms with van der Waals surface area (Å²) in [7, 11) is 0. The summed E-state index contributed by atoms with van der Waals surface area (Å²) in [5.74, 6) is 0.892. The van der Waals surface area contributed by atoms with Gasteiger partial charge in [-0.05, 0) is 42.8 Å². The topological polar surface area (TPSA) is 17.3 Å². The van der Waals surface area contributed by atoms with E-state index < -0.39 is 0 Å². The number of fused-ring (bicyclic) bond motifs is 1. The number of aromatic nitrogens is 2. The van der Waals surface area contributed by atoms with E-state index in [2.05, 4.69) is 74.8 Å². The van der Waals surface area contributed by atoms with E-state index in [1.165, 1.54) is 10.5 Å². The Morgan fingerprint density at radius 3 is 2.74 bits per heavy atom. The van der Waals surface area contributed by atoms with Crippen LogP contribution >= 0.6 is 27.7 Å². The normalized spacial score (nSPS) is 11.1. The molecule has 0 spiro atoms. The molecule has 2 heterocycles. The molecule has 0 aliphatic carbocycles. The minimum absolute atomic E-state index is 0.892. The number of aryl methyl sites for hydroxylation is 1. The summed E-state index contributed by atoms with van der Waals surface area (Å²) in [6, 6.07) is 12.5. The Hall–Kier alpha value is -1.26. The van der Waals surface area contributed by atoms with Crippen molar-refractivity contribution in [2.24, 2.45) is 0 Å². The van der Waals surface area contributed by atoms with Gasteiger partial charge in [-0.2, -0.15) is 0 Å². The van der Waals surface area contributed by atoms with Gasteiger partial charge in [0.2, 0.25) is 0 Å². The SMILES string of the molecule is Cc1cccn2cc(CSc3ccc(Br)cc3)nc12. The zero-order chi connectivity index (χ0) is 13.2. The van der Waals surface area contributed by atoms with Crippen LogP contribution < -0.4 is 0 Å². The average Bonchev–Trinajstić information content (AvgIpc) is 2.83. The van der Waals surface area contributed by atoms with E-state index in [0.717, 1.165) is 21.6 Å². The molecule has 4 heteroatoms. The van der Waals surface area contributed by atoms with Crippen LogP contribution in [0.4, 0.5) is 0 Å². The molecule has 0 N–H and O–H groups in total. The van der Waals surface area contributed by atoms with Gasteiger partial charge in [0.15, 0.2) is 0 Å². The molecular formula is C15H13BrN2S. The second-order valence-corrected chi connectivity index (χ2v) is 6.36. The number of hydrogen-bond donors (Lipinski definition) is 0. The third-order valence-corrected chi connectivity index (χ3v) is 4.50. The highest BCUT2D eigenvalue weighted by Gasteiger charge is 2.04. The average molecular weight is 333 g/mol. The van der Waals surface area contributed by atoms with Crippen molar-refractivity contribution in [2.75, 3.05) is 0 Å². The van der Waals surface area contributed by atoms with Crippen molar-refractivity contribution in [3.05, 3.63) is 64.5 Å². The Labute approximate surface area is 125 Å². The third kappa shape index (κ3) is 2.85. The number of rotatable bonds is 3. The Kier molecular flexibility index (Phi) is 3.62. The number of thioether (sulfide) groups is 1. The molecule has 3 rings (SSSR count). The molecule has 0 saturated heterocycles. The van der Waals surface area contributed by atoms with Gasteiger partial charge in [0.1, 0.15) is 5.65 Å². The van der Waals surface area contributed by atoms with Crippen molar-refractivity contribution in [3.63, 3.8) is 0 Å². The summed E-state index contributed by atoms with van der Waals surface area (Å²) in [4.78, 5) is 5.94. The van der Waals surface area contributed by atoms with Crippen molar-refractivity contribution >= 4 is 33.3 Å². The monoisotopic (exact) mass is 332 g/mol. The standard InChI is InChI=1S/C15H13BrN2S/c1-11-3-2-8-18-9-13(17-15(11)18)10-19-14-6-4-12(16)5-7-14/h2-9H,10H2,1H3. The fourth-order valence-corrected chi connectivity index (χ4v) is 3.01. The van der Waals surface area contributed by atoms with Gasteiger partial charge in [0.05, 0.1) is 5.69 Å². The van der Waals surface area contributed by atoms with Gasteiger partial charge in [-0.25, -0.2) is 4.98 Å². The van der Waals surface area contributed by atoms with Gasteiger partial charge in [0.25, 0.3) is 0 Å². The minimum atomic E-state index is 0.892. The largest absolute Gasteiger partial charge is 0.307 e. The zero-order valence-electron chi connectivity index (χ0n) is 10.5. The summed E-state index contributed by atoms with van der Waals surface area (Å²) in [5.41, 5.74) is 3.37. The number of halogens is 1. The lowest BCUT2D eigenvalue weighted by Crippen LogP contribution is -1.84. The Morgan fingerprint density at radius 2 is 2.00 bits per heavy atom. The maximum absolute atomic E-state index is 4.68. The molecule has 0 aliphatic rings. The molecule has 19 heavy (non-hydrogen) atoms. The Bertz CT molecular complexity index is 704. The molecular weight excluding hydrogens is 320 g/mol. The molecule has 1 aromatic carbocycles. The molecule has 2 aromatic heterocycles. The lowest BCUT2D eigenvalue weighted by molar-refractivity contribution is 1.16. The van der Waals surface area contributed by atoms with Gasteiger partial charge in [0, 0.05) is 27.5 Å². The van der Waals surface area contributed by atoms with Crippen LogP contribution in [-0.4, -0.2) is 9.38 Å². The molecule has 0 aliphatic heterocycles. The van der Waals surface area contributed by atoms with Crippen molar-refractivity contribution in [3.8, 4) is 0 Å². The first-order valence-corrected chi connectivity index (χ1v) is 7.82. The molecule has 0 bridgehead atoms.